The third-order valence-electron chi connectivity index (χ3n) is 1.95. The summed E-state index contributed by atoms with van der Waals surface area (Å²) in [5, 5.41) is 4.80. The van der Waals surface area contributed by atoms with E-state index in [0.717, 1.165) is 15.6 Å². The lowest BCUT2D eigenvalue weighted by atomic mass is 10.3. The quantitative estimate of drug-likeness (QED) is 0.842. The van der Waals surface area contributed by atoms with E-state index in [-0.39, 0.29) is 6.04 Å². The Labute approximate surface area is 91.3 Å². The van der Waals surface area contributed by atoms with E-state index < -0.39 is 0 Å². The van der Waals surface area contributed by atoms with Crippen LogP contribution in [0.15, 0.2) is 4.52 Å². The van der Waals surface area contributed by atoms with E-state index in [9.17, 15) is 0 Å². The summed E-state index contributed by atoms with van der Waals surface area (Å²) in [7, 11) is 0. The molecule has 0 fully saturated rings. The van der Waals surface area contributed by atoms with Crippen molar-refractivity contribution in [3.05, 3.63) is 16.5 Å². The van der Waals surface area contributed by atoms with Crippen LogP contribution in [-0.2, 0) is 0 Å². The molecule has 15 heavy (non-hydrogen) atoms. The number of thiazole rings is 1. The molecule has 2 heterocycles. The maximum atomic E-state index is 5.65. The van der Waals surface area contributed by atoms with Crippen molar-refractivity contribution in [2.24, 2.45) is 5.73 Å². The van der Waals surface area contributed by atoms with Crippen LogP contribution >= 0.6 is 11.3 Å². The Morgan fingerprint density at radius 1 is 1.33 bits per heavy atom. The first-order chi connectivity index (χ1) is 7.08. The van der Waals surface area contributed by atoms with E-state index in [1.165, 1.54) is 0 Å². The van der Waals surface area contributed by atoms with E-state index in [2.05, 4.69) is 15.1 Å². The van der Waals surface area contributed by atoms with Crippen LogP contribution in [0.4, 0.5) is 0 Å². The Morgan fingerprint density at radius 2 is 2.07 bits per heavy atom. The Morgan fingerprint density at radius 3 is 2.53 bits per heavy atom. The highest BCUT2D eigenvalue weighted by Gasteiger charge is 2.16. The average molecular weight is 224 g/mol. The average Bonchev–Trinajstić information content (AvgIpc) is 2.71. The molecule has 1 unspecified atom stereocenters. The number of rotatable bonds is 2. The zero-order chi connectivity index (χ0) is 11.0. The van der Waals surface area contributed by atoms with Gasteiger partial charge in [-0.3, -0.25) is 0 Å². The fourth-order valence-corrected chi connectivity index (χ4v) is 2.08. The second-order valence-corrected chi connectivity index (χ2v) is 4.60. The summed E-state index contributed by atoms with van der Waals surface area (Å²) in [6.07, 6.45) is 0. The predicted octanol–water partition coefficient (Wildman–Crippen LogP) is 1.83. The van der Waals surface area contributed by atoms with Crippen molar-refractivity contribution in [3.63, 3.8) is 0 Å². The molecule has 80 valence electrons. The molecule has 0 bridgehead atoms. The number of nitrogens with two attached hydrogens (primary N) is 1. The minimum atomic E-state index is -0.211. The maximum Gasteiger partial charge on any atom is 0.269 e. The van der Waals surface area contributed by atoms with Crippen LogP contribution in [0.1, 0.15) is 29.5 Å². The van der Waals surface area contributed by atoms with Gasteiger partial charge in [0.05, 0.1) is 16.7 Å². The Hall–Kier alpha value is -1.27. The Balaban J connectivity index is 2.41. The molecule has 2 rings (SSSR count). The molecule has 0 amide bonds. The van der Waals surface area contributed by atoms with Gasteiger partial charge >= 0.3 is 0 Å². The fraction of sp³-hybridized carbons (Fsp3) is 0.444. The molecule has 6 heteroatoms. The molecule has 2 aromatic heterocycles. The summed E-state index contributed by atoms with van der Waals surface area (Å²) in [5.41, 5.74) is 6.57. The van der Waals surface area contributed by atoms with E-state index in [1.54, 1.807) is 11.3 Å². The van der Waals surface area contributed by atoms with Crippen molar-refractivity contribution in [1.82, 2.24) is 15.1 Å². The molecule has 1 atom stereocenters. The minimum Gasteiger partial charge on any atom is -0.333 e. The molecule has 0 spiro atoms. The zero-order valence-corrected chi connectivity index (χ0v) is 9.63. The summed E-state index contributed by atoms with van der Waals surface area (Å²) in [6.45, 7) is 5.69. The van der Waals surface area contributed by atoms with Gasteiger partial charge < -0.3 is 10.3 Å². The predicted molar refractivity (Wildman–Crippen MR) is 57.5 cm³/mol. The lowest BCUT2D eigenvalue weighted by Gasteiger charge is -1.92. The highest BCUT2D eigenvalue weighted by molar-refractivity contribution is 7.15. The van der Waals surface area contributed by atoms with Gasteiger partial charge in [0.25, 0.3) is 5.89 Å². The van der Waals surface area contributed by atoms with Crippen molar-refractivity contribution in [2.75, 3.05) is 0 Å². The Bertz CT molecular complexity index is 474. The number of hydrogen-bond acceptors (Lipinski definition) is 6. The molecule has 0 radical (unpaired) electrons. The van der Waals surface area contributed by atoms with Crippen molar-refractivity contribution in [2.45, 2.75) is 26.8 Å². The van der Waals surface area contributed by atoms with Crippen LogP contribution < -0.4 is 5.73 Å². The number of nitrogens with zero attached hydrogens (tertiary/aromatic N) is 3. The lowest BCUT2D eigenvalue weighted by molar-refractivity contribution is 0.418. The van der Waals surface area contributed by atoms with Crippen molar-refractivity contribution >= 4 is 11.3 Å². The maximum absolute atomic E-state index is 5.65. The SMILES string of the molecule is Cc1nc(C)c(-c2nc(C(C)N)no2)s1. The summed E-state index contributed by atoms with van der Waals surface area (Å²) in [4.78, 5) is 9.45. The monoisotopic (exact) mass is 224 g/mol. The van der Waals surface area contributed by atoms with Gasteiger partial charge in [0.1, 0.15) is 4.88 Å². The standard InChI is InChI=1S/C9H12N4OS/c1-4(10)8-12-9(14-13-8)7-5(2)11-6(3)15-7/h4H,10H2,1-3H3. The summed E-state index contributed by atoms with van der Waals surface area (Å²) >= 11 is 1.54. The van der Waals surface area contributed by atoms with Crippen LogP contribution in [-0.4, -0.2) is 15.1 Å². The molecule has 0 aromatic carbocycles. The molecule has 2 aromatic rings. The van der Waals surface area contributed by atoms with Crippen molar-refractivity contribution in [1.29, 1.82) is 0 Å². The van der Waals surface area contributed by atoms with E-state index >= 15 is 0 Å². The van der Waals surface area contributed by atoms with Gasteiger partial charge in [-0.05, 0) is 20.8 Å². The topological polar surface area (TPSA) is 77.8 Å². The molecule has 0 aliphatic heterocycles. The summed E-state index contributed by atoms with van der Waals surface area (Å²) < 4.78 is 5.14. The highest BCUT2D eigenvalue weighted by atomic mass is 32.1. The van der Waals surface area contributed by atoms with Gasteiger partial charge in [-0.2, -0.15) is 4.98 Å². The van der Waals surface area contributed by atoms with Gasteiger partial charge in [-0.1, -0.05) is 5.16 Å². The number of aromatic nitrogens is 3. The van der Waals surface area contributed by atoms with Gasteiger partial charge in [0, 0.05) is 0 Å². The minimum absolute atomic E-state index is 0.211. The largest absolute Gasteiger partial charge is 0.333 e. The van der Waals surface area contributed by atoms with Crippen LogP contribution in [0, 0.1) is 13.8 Å². The van der Waals surface area contributed by atoms with Gasteiger partial charge in [-0.15, -0.1) is 11.3 Å². The van der Waals surface area contributed by atoms with Crippen molar-refractivity contribution < 1.29 is 4.52 Å². The smallest absolute Gasteiger partial charge is 0.269 e. The fourth-order valence-electron chi connectivity index (χ4n) is 1.24. The van der Waals surface area contributed by atoms with Gasteiger partial charge in [0.2, 0.25) is 0 Å². The molecule has 0 aliphatic rings. The molecule has 0 saturated heterocycles. The third-order valence-corrected chi connectivity index (χ3v) is 3.01. The molecule has 5 nitrogen and oxygen atoms in total. The van der Waals surface area contributed by atoms with Crippen LogP contribution in [0.3, 0.4) is 0 Å². The molecule has 2 N–H and O–H groups in total. The molecule has 0 saturated carbocycles. The molecular weight excluding hydrogens is 212 g/mol. The normalized spacial score (nSPS) is 13.1. The van der Waals surface area contributed by atoms with E-state index in [4.69, 9.17) is 10.3 Å². The number of aryl methyl sites for hydroxylation is 2. The van der Waals surface area contributed by atoms with E-state index in [1.807, 2.05) is 20.8 Å². The van der Waals surface area contributed by atoms with E-state index in [0.29, 0.717) is 11.7 Å². The second kappa shape index (κ2) is 3.71. The third kappa shape index (κ3) is 1.91. The number of hydrogen-bond donors (Lipinski definition) is 1. The molecular formula is C9H12N4OS. The van der Waals surface area contributed by atoms with Crippen molar-refractivity contribution in [3.8, 4) is 10.8 Å². The van der Waals surface area contributed by atoms with Crippen LogP contribution in [0.2, 0.25) is 0 Å². The summed E-state index contributed by atoms with van der Waals surface area (Å²) in [5.74, 6) is 1.03. The zero-order valence-electron chi connectivity index (χ0n) is 8.81. The van der Waals surface area contributed by atoms with Crippen LogP contribution in [0.25, 0.3) is 10.8 Å². The Kier molecular flexibility index (Phi) is 2.54. The summed E-state index contributed by atoms with van der Waals surface area (Å²) in [6, 6.07) is -0.211. The first-order valence-electron chi connectivity index (χ1n) is 4.61. The first-order valence-corrected chi connectivity index (χ1v) is 5.43. The first kappa shape index (κ1) is 10.3. The van der Waals surface area contributed by atoms with Crippen LogP contribution in [0.5, 0.6) is 0 Å². The van der Waals surface area contributed by atoms with Gasteiger partial charge in [0.15, 0.2) is 5.82 Å². The van der Waals surface area contributed by atoms with Gasteiger partial charge in [-0.25, -0.2) is 4.98 Å². The molecule has 0 aliphatic carbocycles. The highest BCUT2D eigenvalue weighted by Crippen LogP contribution is 2.28. The second-order valence-electron chi connectivity index (χ2n) is 3.39. The lowest BCUT2D eigenvalue weighted by Crippen LogP contribution is -2.06.